The second-order valence-electron chi connectivity index (χ2n) is 7.08. The Hall–Kier alpha value is -1.74. The molecule has 2 rings (SSSR count). The predicted octanol–water partition coefficient (Wildman–Crippen LogP) is 6.66. The number of hydrogen-bond donors (Lipinski definition) is 1. The van der Waals surface area contributed by atoms with Crippen LogP contribution in [0.5, 0.6) is 5.75 Å². The number of carbonyl (C=O) groups excluding carboxylic acids is 1. The normalized spacial score (nSPS) is 10.7. The van der Waals surface area contributed by atoms with Gasteiger partial charge in [-0.05, 0) is 49.3 Å². The van der Waals surface area contributed by atoms with Crippen LogP contribution in [0.2, 0.25) is 0 Å². The fraction of sp³-hybridized carbons (Fsp3) is 0.458. The molecule has 0 heterocycles. The molecule has 27 heavy (non-hydrogen) atoms. The summed E-state index contributed by atoms with van der Waals surface area (Å²) in [6, 6.07) is 15.1. The van der Waals surface area contributed by atoms with Crippen molar-refractivity contribution in [2.45, 2.75) is 58.3 Å². The first-order chi connectivity index (χ1) is 13.2. The Bertz CT molecular complexity index is 682. The number of aryl methyl sites for hydroxylation is 1. The van der Waals surface area contributed by atoms with Crippen LogP contribution < -0.4 is 4.74 Å². The number of unbranched alkanes of at least 4 members (excludes halogenated alkanes) is 7. The van der Waals surface area contributed by atoms with E-state index in [1.165, 1.54) is 44.9 Å². The summed E-state index contributed by atoms with van der Waals surface area (Å²) in [6.45, 7) is 2.74. The topological polar surface area (TPSA) is 26.3 Å². The SMILES string of the molecule is Cc1cc(C(=O)c2ccccc2)ccc1OCCCCCCCCCCS. The molecule has 0 bridgehead atoms. The molecule has 0 amide bonds. The molecule has 3 heteroatoms. The standard InChI is InChI=1S/C24H32O2S/c1-20-19-22(24(25)21-13-9-8-10-14-21)15-16-23(20)26-17-11-6-4-2-3-5-7-12-18-27/h8-10,13-16,19,27H,2-7,11-12,17-18H2,1H3. The van der Waals surface area contributed by atoms with Crippen LogP contribution in [0.3, 0.4) is 0 Å². The highest BCUT2D eigenvalue weighted by atomic mass is 32.1. The summed E-state index contributed by atoms with van der Waals surface area (Å²) in [5, 5.41) is 0. The van der Waals surface area contributed by atoms with E-state index >= 15 is 0 Å². The molecule has 2 aromatic rings. The molecule has 0 spiro atoms. The van der Waals surface area contributed by atoms with E-state index in [0.717, 1.165) is 35.7 Å². The van der Waals surface area contributed by atoms with Gasteiger partial charge in [0, 0.05) is 11.1 Å². The van der Waals surface area contributed by atoms with Gasteiger partial charge in [-0.3, -0.25) is 4.79 Å². The van der Waals surface area contributed by atoms with Crippen LogP contribution in [0.25, 0.3) is 0 Å². The van der Waals surface area contributed by atoms with Crippen LogP contribution in [-0.4, -0.2) is 18.1 Å². The minimum atomic E-state index is 0.0552. The Morgan fingerprint density at radius 1 is 0.815 bits per heavy atom. The monoisotopic (exact) mass is 384 g/mol. The molecular weight excluding hydrogens is 352 g/mol. The van der Waals surface area contributed by atoms with Crippen molar-refractivity contribution >= 4 is 18.4 Å². The van der Waals surface area contributed by atoms with Gasteiger partial charge in [0.15, 0.2) is 5.78 Å². The summed E-state index contributed by atoms with van der Waals surface area (Å²) < 4.78 is 5.92. The van der Waals surface area contributed by atoms with Crippen molar-refractivity contribution in [3.63, 3.8) is 0 Å². The lowest BCUT2D eigenvalue weighted by molar-refractivity contribution is 0.103. The van der Waals surface area contributed by atoms with Gasteiger partial charge in [0.1, 0.15) is 5.75 Å². The lowest BCUT2D eigenvalue weighted by Crippen LogP contribution is -2.03. The van der Waals surface area contributed by atoms with Gasteiger partial charge in [-0.25, -0.2) is 0 Å². The lowest BCUT2D eigenvalue weighted by atomic mass is 10.0. The minimum Gasteiger partial charge on any atom is -0.493 e. The van der Waals surface area contributed by atoms with Gasteiger partial charge in [0.05, 0.1) is 6.61 Å². The van der Waals surface area contributed by atoms with E-state index in [0.29, 0.717) is 5.56 Å². The molecule has 146 valence electrons. The molecule has 0 aliphatic rings. The van der Waals surface area contributed by atoms with Crippen molar-refractivity contribution < 1.29 is 9.53 Å². The van der Waals surface area contributed by atoms with E-state index in [4.69, 9.17) is 4.74 Å². The van der Waals surface area contributed by atoms with Gasteiger partial charge in [0.2, 0.25) is 0 Å². The Morgan fingerprint density at radius 3 is 2.07 bits per heavy atom. The van der Waals surface area contributed by atoms with Crippen molar-refractivity contribution in [1.29, 1.82) is 0 Å². The third-order valence-corrected chi connectivity index (χ3v) is 5.10. The molecule has 0 aliphatic heterocycles. The van der Waals surface area contributed by atoms with Crippen LogP contribution in [0.1, 0.15) is 72.9 Å². The third-order valence-electron chi connectivity index (χ3n) is 4.78. The molecule has 2 aromatic carbocycles. The Morgan fingerprint density at radius 2 is 1.44 bits per heavy atom. The summed E-state index contributed by atoms with van der Waals surface area (Å²) >= 11 is 4.24. The number of benzene rings is 2. The molecule has 0 aliphatic carbocycles. The molecular formula is C24H32O2S. The van der Waals surface area contributed by atoms with Crippen LogP contribution in [-0.2, 0) is 0 Å². The van der Waals surface area contributed by atoms with E-state index in [1.54, 1.807) is 0 Å². The van der Waals surface area contributed by atoms with E-state index in [9.17, 15) is 4.79 Å². The van der Waals surface area contributed by atoms with E-state index < -0.39 is 0 Å². The highest BCUT2D eigenvalue weighted by Crippen LogP contribution is 2.21. The Kier molecular flexibility index (Phi) is 10.1. The van der Waals surface area contributed by atoms with Crippen LogP contribution in [0, 0.1) is 6.92 Å². The van der Waals surface area contributed by atoms with Gasteiger partial charge >= 0.3 is 0 Å². The maximum Gasteiger partial charge on any atom is 0.193 e. The Labute approximate surface area is 169 Å². The molecule has 0 atom stereocenters. The number of hydrogen-bond acceptors (Lipinski definition) is 3. The smallest absolute Gasteiger partial charge is 0.193 e. The van der Waals surface area contributed by atoms with Crippen molar-refractivity contribution in [3.05, 3.63) is 65.2 Å². The van der Waals surface area contributed by atoms with Crippen molar-refractivity contribution in [2.24, 2.45) is 0 Å². The molecule has 0 fully saturated rings. The summed E-state index contributed by atoms with van der Waals surface area (Å²) in [6.07, 6.45) is 10.1. The Balaban J connectivity index is 1.68. The largest absolute Gasteiger partial charge is 0.493 e. The molecule has 0 aromatic heterocycles. The van der Waals surface area contributed by atoms with Crippen LogP contribution in [0.4, 0.5) is 0 Å². The van der Waals surface area contributed by atoms with Crippen LogP contribution in [0.15, 0.2) is 48.5 Å². The summed E-state index contributed by atoms with van der Waals surface area (Å²) in [7, 11) is 0. The van der Waals surface area contributed by atoms with Gasteiger partial charge in [0.25, 0.3) is 0 Å². The minimum absolute atomic E-state index is 0.0552. The molecule has 0 radical (unpaired) electrons. The van der Waals surface area contributed by atoms with Gasteiger partial charge < -0.3 is 4.74 Å². The molecule has 0 saturated carbocycles. The van der Waals surface area contributed by atoms with Gasteiger partial charge in [-0.1, -0.05) is 68.9 Å². The molecule has 0 saturated heterocycles. The average molecular weight is 385 g/mol. The quantitative estimate of drug-likeness (QED) is 0.237. The van der Waals surface area contributed by atoms with Crippen molar-refractivity contribution in [2.75, 3.05) is 12.4 Å². The lowest BCUT2D eigenvalue weighted by Gasteiger charge is -2.10. The van der Waals surface area contributed by atoms with E-state index in [1.807, 2.05) is 55.5 Å². The molecule has 0 unspecified atom stereocenters. The fourth-order valence-electron chi connectivity index (χ4n) is 3.17. The number of carbonyl (C=O) groups is 1. The predicted molar refractivity (Wildman–Crippen MR) is 117 cm³/mol. The first-order valence-electron chi connectivity index (χ1n) is 10.2. The average Bonchev–Trinajstić information content (AvgIpc) is 2.70. The van der Waals surface area contributed by atoms with Gasteiger partial charge in [-0.15, -0.1) is 0 Å². The second kappa shape index (κ2) is 12.6. The highest BCUT2D eigenvalue weighted by molar-refractivity contribution is 7.80. The fourth-order valence-corrected chi connectivity index (χ4v) is 3.39. The van der Waals surface area contributed by atoms with Gasteiger partial charge in [-0.2, -0.15) is 12.6 Å². The zero-order chi connectivity index (χ0) is 19.3. The maximum absolute atomic E-state index is 12.5. The highest BCUT2D eigenvalue weighted by Gasteiger charge is 2.10. The number of ether oxygens (including phenoxy) is 1. The van der Waals surface area contributed by atoms with Crippen LogP contribution >= 0.6 is 12.6 Å². The number of rotatable bonds is 13. The number of thiol groups is 1. The van der Waals surface area contributed by atoms with E-state index in [-0.39, 0.29) is 5.78 Å². The van der Waals surface area contributed by atoms with Crippen molar-refractivity contribution in [3.8, 4) is 5.75 Å². The number of ketones is 1. The first-order valence-corrected chi connectivity index (χ1v) is 10.8. The second-order valence-corrected chi connectivity index (χ2v) is 7.52. The molecule has 2 nitrogen and oxygen atoms in total. The summed E-state index contributed by atoms with van der Waals surface area (Å²) in [4.78, 5) is 12.5. The van der Waals surface area contributed by atoms with E-state index in [2.05, 4.69) is 12.6 Å². The molecule has 0 N–H and O–H groups in total. The summed E-state index contributed by atoms with van der Waals surface area (Å²) in [5.74, 6) is 1.95. The summed E-state index contributed by atoms with van der Waals surface area (Å²) in [5.41, 5.74) is 2.45. The zero-order valence-electron chi connectivity index (χ0n) is 16.5. The third kappa shape index (κ3) is 7.80. The zero-order valence-corrected chi connectivity index (χ0v) is 17.3. The van der Waals surface area contributed by atoms with Crippen molar-refractivity contribution in [1.82, 2.24) is 0 Å². The first kappa shape index (κ1) is 21.6. The maximum atomic E-state index is 12.5.